The number of aromatic nitrogens is 2. The molecule has 1 N–H and O–H groups in total. The van der Waals surface area contributed by atoms with Gasteiger partial charge in [0, 0.05) is 37.1 Å². The van der Waals surface area contributed by atoms with E-state index in [0.29, 0.717) is 23.4 Å². The molecule has 1 aliphatic rings. The van der Waals surface area contributed by atoms with Gasteiger partial charge in [0.05, 0.1) is 11.7 Å². The van der Waals surface area contributed by atoms with Gasteiger partial charge in [-0.1, -0.05) is 11.2 Å². The van der Waals surface area contributed by atoms with Crippen LogP contribution < -0.4 is 10.2 Å². The first-order chi connectivity index (χ1) is 14.3. The fourth-order valence-electron chi connectivity index (χ4n) is 3.85. The minimum absolute atomic E-state index is 0.141. The Labute approximate surface area is 175 Å². The van der Waals surface area contributed by atoms with Crippen LogP contribution in [0, 0.1) is 13.8 Å². The second-order valence-electron chi connectivity index (χ2n) is 7.70. The van der Waals surface area contributed by atoms with E-state index in [1.165, 1.54) is 0 Å². The van der Waals surface area contributed by atoms with Crippen molar-refractivity contribution in [3.05, 3.63) is 64.8 Å². The molecule has 0 radical (unpaired) electrons. The quantitative estimate of drug-likeness (QED) is 0.715. The van der Waals surface area contributed by atoms with Gasteiger partial charge in [-0.05, 0) is 62.1 Å². The number of carbonyl (C=O) groups excluding carboxylic acids is 2. The first kappa shape index (κ1) is 19.8. The maximum absolute atomic E-state index is 12.6. The molecule has 3 heterocycles. The van der Waals surface area contributed by atoms with Gasteiger partial charge in [0.25, 0.3) is 5.91 Å². The maximum Gasteiger partial charge on any atom is 0.257 e. The van der Waals surface area contributed by atoms with Crippen LogP contribution in [0.4, 0.5) is 5.69 Å². The molecular weight excluding hydrogens is 380 g/mol. The van der Waals surface area contributed by atoms with Gasteiger partial charge in [0.1, 0.15) is 11.3 Å². The van der Waals surface area contributed by atoms with Crippen LogP contribution in [-0.4, -0.2) is 29.0 Å². The molecule has 0 spiro atoms. The van der Waals surface area contributed by atoms with E-state index in [2.05, 4.69) is 21.5 Å². The molecule has 0 saturated carbocycles. The van der Waals surface area contributed by atoms with Gasteiger partial charge in [-0.25, -0.2) is 0 Å². The molecule has 1 aliphatic heterocycles. The van der Waals surface area contributed by atoms with Crippen molar-refractivity contribution < 1.29 is 14.1 Å². The number of fused-ring (bicyclic) bond motifs is 1. The molecule has 7 heteroatoms. The van der Waals surface area contributed by atoms with E-state index < -0.39 is 0 Å². The van der Waals surface area contributed by atoms with Crippen molar-refractivity contribution in [1.82, 2.24) is 15.5 Å². The number of hydrogen-bond donors (Lipinski definition) is 1. The molecule has 2 aromatic heterocycles. The minimum atomic E-state index is -0.236. The molecule has 154 valence electrons. The molecule has 2 amide bonds. The normalized spacial score (nSPS) is 14.4. The van der Waals surface area contributed by atoms with Crippen LogP contribution >= 0.6 is 0 Å². The molecule has 3 aromatic rings. The number of benzene rings is 1. The molecule has 0 bridgehead atoms. The van der Waals surface area contributed by atoms with Crippen LogP contribution in [0.5, 0.6) is 0 Å². The van der Waals surface area contributed by atoms with Gasteiger partial charge in [-0.2, -0.15) is 0 Å². The Bertz CT molecular complexity index is 1120. The Morgan fingerprint density at radius 3 is 2.70 bits per heavy atom. The lowest BCUT2D eigenvalue weighted by molar-refractivity contribution is -0.118. The van der Waals surface area contributed by atoms with Crippen molar-refractivity contribution in [3.63, 3.8) is 0 Å². The number of anilines is 1. The van der Waals surface area contributed by atoms with E-state index in [9.17, 15) is 9.59 Å². The molecular formula is C23H24N4O3. The molecule has 4 rings (SSSR count). The van der Waals surface area contributed by atoms with Gasteiger partial charge in [0.15, 0.2) is 0 Å². The van der Waals surface area contributed by atoms with Crippen molar-refractivity contribution in [2.24, 2.45) is 0 Å². The van der Waals surface area contributed by atoms with Crippen LogP contribution in [0.15, 0.2) is 41.2 Å². The van der Waals surface area contributed by atoms with Crippen molar-refractivity contribution in [2.75, 3.05) is 11.9 Å². The van der Waals surface area contributed by atoms with Gasteiger partial charge in [-0.3, -0.25) is 14.6 Å². The molecule has 0 fully saturated rings. The van der Waals surface area contributed by atoms with Gasteiger partial charge < -0.3 is 14.7 Å². The number of nitrogens with one attached hydrogen (secondary N) is 1. The first-order valence-corrected chi connectivity index (χ1v) is 9.93. The van der Waals surface area contributed by atoms with E-state index in [-0.39, 0.29) is 17.9 Å². The number of carbonyl (C=O) groups is 2. The van der Waals surface area contributed by atoms with Gasteiger partial charge in [0.2, 0.25) is 5.91 Å². The number of rotatable bonds is 4. The molecule has 30 heavy (non-hydrogen) atoms. The Morgan fingerprint density at radius 1 is 1.17 bits per heavy atom. The Hall–Kier alpha value is -3.48. The summed E-state index contributed by atoms with van der Waals surface area (Å²) in [6.07, 6.45) is 4.83. The van der Waals surface area contributed by atoms with Crippen LogP contribution in [0.3, 0.4) is 0 Å². The predicted octanol–water partition coefficient (Wildman–Crippen LogP) is 3.75. The zero-order valence-corrected chi connectivity index (χ0v) is 17.5. The summed E-state index contributed by atoms with van der Waals surface area (Å²) in [7, 11) is 1.81. The largest absolute Gasteiger partial charge is 0.361 e. The zero-order chi connectivity index (χ0) is 21.4. The number of nitrogens with zero attached hydrogens (tertiary/aromatic N) is 3. The lowest BCUT2D eigenvalue weighted by Crippen LogP contribution is -2.30. The number of hydrogen-bond acceptors (Lipinski definition) is 5. The fraction of sp³-hybridized carbons (Fsp3) is 0.304. The standard InChI is InChI=1S/C23H24N4O3/c1-13(25-23(29)22-14(2)26-30-15(22)3)18-10-19(12-24-11-18)16-5-7-20-17(9-16)6-8-21(28)27(20)4/h5,7,9-13H,6,8H2,1-4H3,(H,25,29)/t13-/m1/s1. The van der Waals surface area contributed by atoms with Crippen LogP contribution in [0.25, 0.3) is 11.1 Å². The lowest BCUT2D eigenvalue weighted by atomic mass is 9.96. The second-order valence-corrected chi connectivity index (χ2v) is 7.70. The van der Waals surface area contributed by atoms with Crippen LogP contribution in [0.1, 0.15) is 52.3 Å². The number of amides is 2. The Kier molecular flexibility index (Phi) is 5.11. The first-order valence-electron chi connectivity index (χ1n) is 9.93. The maximum atomic E-state index is 12.6. The zero-order valence-electron chi connectivity index (χ0n) is 17.5. The average Bonchev–Trinajstić information content (AvgIpc) is 3.08. The average molecular weight is 404 g/mol. The molecule has 0 saturated heterocycles. The fourth-order valence-corrected chi connectivity index (χ4v) is 3.85. The number of pyridine rings is 1. The summed E-state index contributed by atoms with van der Waals surface area (Å²) in [5, 5.41) is 6.84. The Morgan fingerprint density at radius 2 is 1.97 bits per heavy atom. The monoisotopic (exact) mass is 404 g/mol. The van der Waals surface area contributed by atoms with E-state index in [4.69, 9.17) is 4.52 Å². The van der Waals surface area contributed by atoms with Crippen molar-refractivity contribution in [1.29, 1.82) is 0 Å². The summed E-state index contributed by atoms with van der Waals surface area (Å²) in [5.41, 5.74) is 6.06. The molecule has 0 aliphatic carbocycles. The molecule has 1 atom stereocenters. The van der Waals surface area contributed by atoms with Crippen molar-refractivity contribution >= 4 is 17.5 Å². The molecule has 0 unspecified atom stereocenters. The summed E-state index contributed by atoms with van der Waals surface area (Å²) < 4.78 is 5.09. The topological polar surface area (TPSA) is 88.3 Å². The minimum Gasteiger partial charge on any atom is -0.361 e. The predicted molar refractivity (Wildman–Crippen MR) is 113 cm³/mol. The third-order valence-electron chi connectivity index (χ3n) is 5.62. The summed E-state index contributed by atoms with van der Waals surface area (Å²) in [5.74, 6) is 0.425. The summed E-state index contributed by atoms with van der Waals surface area (Å²) in [4.78, 5) is 30.7. The van der Waals surface area contributed by atoms with Gasteiger partial charge >= 0.3 is 0 Å². The van der Waals surface area contributed by atoms with Crippen LogP contribution in [-0.2, 0) is 11.2 Å². The van der Waals surface area contributed by atoms with Crippen molar-refractivity contribution in [2.45, 2.75) is 39.7 Å². The summed E-state index contributed by atoms with van der Waals surface area (Å²) in [6.45, 7) is 5.40. The number of aryl methyl sites for hydroxylation is 3. The highest BCUT2D eigenvalue weighted by Gasteiger charge is 2.22. The highest BCUT2D eigenvalue weighted by atomic mass is 16.5. The SMILES string of the molecule is Cc1noc(C)c1C(=O)N[C@H](C)c1cncc(-c2ccc3c(c2)CCC(=O)N3C)c1. The third kappa shape index (κ3) is 3.58. The van der Waals surface area contributed by atoms with E-state index in [0.717, 1.165) is 34.4 Å². The lowest BCUT2D eigenvalue weighted by Gasteiger charge is -2.26. The summed E-state index contributed by atoms with van der Waals surface area (Å²) in [6, 6.07) is 7.90. The van der Waals surface area contributed by atoms with E-state index in [1.54, 1.807) is 24.9 Å². The highest BCUT2D eigenvalue weighted by molar-refractivity contribution is 5.97. The second kappa shape index (κ2) is 7.74. The highest BCUT2D eigenvalue weighted by Crippen LogP contribution is 2.32. The molecule has 7 nitrogen and oxygen atoms in total. The van der Waals surface area contributed by atoms with E-state index in [1.807, 2.05) is 38.4 Å². The van der Waals surface area contributed by atoms with Gasteiger partial charge in [-0.15, -0.1) is 0 Å². The molecule has 1 aromatic carbocycles. The van der Waals surface area contributed by atoms with Crippen LogP contribution in [0.2, 0.25) is 0 Å². The third-order valence-corrected chi connectivity index (χ3v) is 5.62. The van der Waals surface area contributed by atoms with E-state index >= 15 is 0 Å². The Balaban J connectivity index is 1.57. The summed E-state index contributed by atoms with van der Waals surface area (Å²) >= 11 is 0. The van der Waals surface area contributed by atoms with Crippen molar-refractivity contribution in [3.8, 4) is 11.1 Å². The smallest absolute Gasteiger partial charge is 0.257 e.